The Morgan fingerprint density at radius 1 is 1.29 bits per heavy atom. The number of allylic oxidation sites excluding steroid dienone is 5. The van der Waals surface area contributed by atoms with E-state index in [4.69, 9.17) is 9.16 Å². The summed E-state index contributed by atoms with van der Waals surface area (Å²) in [5.74, 6) is 4.23. The summed E-state index contributed by atoms with van der Waals surface area (Å²) in [6, 6.07) is 0. The van der Waals surface area contributed by atoms with Gasteiger partial charge in [0, 0.05) is 5.92 Å². The van der Waals surface area contributed by atoms with E-state index in [0.29, 0.717) is 6.42 Å². The molecule has 1 aliphatic rings. The second-order valence-corrected chi connectivity index (χ2v) is 14.8. The molecule has 0 saturated carbocycles. The van der Waals surface area contributed by atoms with Gasteiger partial charge in [-0.15, -0.1) is 0 Å². The van der Waals surface area contributed by atoms with E-state index >= 15 is 0 Å². The Hall–Kier alpha value is -1.90. The minimum absolute atomic E-state index is 0.0796. The van der Waals surface area contributed by atoms with Crippen LogP contribution in [0.4, 0.5) is 0 Å². The molecule has 0 bridgehead atoms. The van der Waals surface area contributed by atoms with Crippen molar-refractivity contribution >= 4 is 20.1 Å². The van der Waals surface area contributed by atoms with Gasteiger partial charge in [-0.05, 0) is 63.6 Å². The molecule has 0 N–H and O–H groups in total. The van der Waals surface area contributed by atoms with Crippen molar-refractivity contribution in [2.45, 2.75) is 85.5 Å². The number of hydrogen-bond donors (Lipinski definition) is 0. The van der Waals surface area contributed by atoms with Gasteiger partial charge >= 0.3 is 5.97 Å². The fourth-order valence-electron chi connectivity index (χ4n) is 3.36. The number of hydrogen-bond acceptors (Lipinski definition) is 4. The number of ether oxygens (including phenoxy) is 1. The van der Waals surface area contributed by atoms with E-state index in [-0.39, 0.29) is 29.5 Å². The highest BCUT2D eigenvalue weighted by Gasteiger charge is 2.46. The molecule has 172 valence electrons. The first-order valence-corrected chi connectivity index (χ1v) is 14.1. The average molecular weight is 445 g/mol. The standard InChI is InChI=1S/C26H40O4Si/c1-10-12-13-14-20(3)17-21-18-22(30-31(8,9)25(4,5)6)19-26(21,7)23(27)15-16-24(28)29-11-2/h10,12-14,18,20,22H,11,17,19H2,1-9H3/b12-10+,14-13-. The SMILES string of the molecule is C/C=C/C=C\C(C)CC1=CC(O[Si](C)(C)C(C)(C)C)CC1(C)C(=O)C#CC(=O)OCC. The van der Waals surface area contributed by atoms with Crippen LogP contribution in [-0.4, -0.2) is 32.8 Å². The summed E-state index contributed by atoms with van der Waals surface area (Å²) in [5, 5.41) is 0.0796. The Balaban J connectivity index is 3.20. The number of ketones is 1. The molecule has 0 fully saturated rings. The Kier molecular flexibility index (Phi) is 9.72. The first-order chi connectivity index (χ1) is 14.3. The van der Waals surface area contributed by atoms with E-state index in [1.165, 1.54) is 0 Å². The summed E-state index contributed by atoms with van der Waals surface area (Å²) >= 11 is 0. The summed E-state index contributed by atoms with van der Waals surface area (Å²) in [4.78, 5) is 24.8. The fraction of sp³-hybridized carbons (Fsp3) is 0.615. The second-order valence-electron chi connectivity index (χ2n) is 10.0. The van der Waals surface area contributed by atoms with Gasteiger partial charge in [0.1, 0.15) is 0 Å². The Labute approximate surface area is 190 Å². The van der Waals surface area contributed by atoms with E-state index in [1.807, 2.05) is 32.1 Å². The third kappa shape index (κ3) is 7.62. The molecular weight excluding hydrogens is 404 g/mol. The van der Waals surface area contributed by atoms with Crippen molar-refractivity contribution in [2.24, 2.45) is 11.3 Å². The fourth-order valence-corrected chi connectivity index (χ4v) is 4.62. The summed E-state index contributed by atoms with van der Waals surface area (Å²) in [6.07, 6.45) is 11.5. The molecule has 0 spiro atoms. The number of carbonyl (C=O) groups excluding carboxylic acids is 2. The molecule has 0 saturated heterocycles. The molecule has 3 unspecified atom stereocenters. The van der Waals surface area contributed by atoms with Gasteiger partial charge in [0.05, 0.1) is 18.1 Å². The van der Waals surface area contributed by atoms with Crippen molar-refractivity contribution in [2.75, 3.05) is 6.61 Å². The highest BCUT2D eigenvalue weighted by atomic mass is 28.4. The van der Waals surface area contributed by atoms with Gasteiger partial charge in [-0.3, -0.25) is 4.79 Å². The average Bonchev–Trinajstić information content (AvgIpc) is 2.94. The molecule has 4 nitrogen and oxygen atoms in total. The molecule has 0 heterocycles. The van der Waals surface area contributed by atoms with E-state index in [1.54, 1.807) is 6.92 Å². The topological polar surface area (TPSA) is 52.6 Å². The highest BCUT2D eigenvalue weighted by molar-refractivity contribution is 6.74. The quantitative estimate of drug-likeness (QED) is 0.0875. The van der Waals surface area contributed by atoms with Crippen molar-refractivity contribution in [3.05, 3.63) is 36.0 Å². The van der Waals surface area contributed by atoms with Gasteiger partial charge in [-0.2, -0.15) is 0 Å². The molecular formula is C26H40O4Si. The lowest BCUT2D eigenvalue weighted by atomic mass is 9.76. The number of Topliss-reactive ketones (excluding diaryl/α,β-unsaturated/α-hetero) is 1. The van der Waals surface area contributed by atoms with Crippen LogP contribution >= 0.6 is 0 Å². The molecule has 3 atom stereocenters. The van der Waals surface area contributed by atoms with E-state index in [9.17, 15) is 9.59 Å². The highest BCUT2D eigenvalue weighted by Crippen LogP contribution is 2.46. The van der Waals surface area contributed by atoms with E-state index in [0.717, 1.165) is 12.0 Å². The molecule has 0 aromatic carbocycles. The number of esters is 1. The van der Waals surface area contributed by atoms with Crippen molar-refractivity contribution in [3.8, 4) is 11.8 Å². The van der Waals surface area contributed by atoms with E-state index < -0.39 is 19.7 Å². The summed E-state index contributed by atoms with van der Waals surface area (Å²) in [7, 11) is -2.00. The van der Waals surface area contributed by atoms with Gasteiger partial charge in [-0.25, -0.2) is 4.79 Å². The van der Waals surface area contributed by atoms with Crippen LogP contribution in [0.2, 0.25) is 18.1 Å². The Morgan fingerprint density at radius 2 is 1.94 bits per heavy atom. The van der Waals surface area contributed by atoms with Crippen LogP contribution in [0.3, 0.4) is 0 Å². The summed E-state index contributed by atoms with van der Waals surface area (Å²) < 4.78 is 11.5. The zero-order valence-electron chi connectivity index (χ0n) is 20.8. The molecule has 1 rings (SSSR count). The zero-order valence-corrected chi connectivity index (χ0v) is 21.8. The minimum atomic E-state index is -2.00. The Morgan fingerprint density at radius 3 is 2.48 bits per heavy atom. The normalized spacial score (nSPS) is 22.9. The van der Waals surface area contributed by atoms with Crippen LogP contribution in [0.5, 0.6) is 0 Å². The van der Waals surface area contributed by atoms with Crippen LogP contribution in [0.15, 0.2) is 36.0 Å². The summed E-state index contributed by atoms with van der Waals surface area (Å²) in [5.41, 5.74) is 0.270. The number of rotatable bonds is 8. The van der Waals surface area contributed by atoms with Gasteiger partial charge < -0.3 is 9.16 Å². The molecule has 31 heavy (non-hydrogen) atoms. The lowest BCUT2D eigenvalue weighted by Gasteiger charge is -2.38. The number of carbonyl (C=O) groups is 2. The van der Waals surface area contributed by atoms with Crippen LogP contribution in [0.25, 0.3) is 0 Å². The smallest absolute Gasteiger partial charge is 0.384 e. The Bertz CT molecular complexity index is 801. The minimum Gasteiger partial charge on any atom is -0.456 e. The van der Waals surface area contributed by atoms with Gasteiger partial charge in [0.2, 0.25) is 5.78 Å². The molecule has 1 aliphatic carbocycles. The third-order valence-corrected chi connectivity index (χ3v) is 10.8. The van der Waals surface area contributed by atoms with Crippen LogP contribution in [-0.2, 0) is 18.8 Å². The van der Waals surface area contributed by atoms with Gasteiger partial charge in [-0.1, -0.05) is 63.6 Å². The molecule has 0 radical (unpaired) electrons. The maximum absolute atomic E-state index is 13.1. The van der Waals surface area contributed by atoms with Crippen molar-refractivity contribution in [1.82, 2.24) is 0 Å². The van der Waals surface area contributed by atoms with Gasteiger partial charge in [0.25, 0.3) is 0 Å². The summed E-state index contributed by atoms with van der Waals surface area (Å²) in [6.45, 7) is 19.1. The molecule has 0 aromatic heterocycles. The maximum atomic E-state index is 13.1. The maximum Gasteiger partial charge on any atom is 0.384 e. The molecule has 0 amide bonds. The predicted molar refractivity (Wildman–Crippen MR) is 130 cm³/mol. The molecule has 0 aromatic rings. The van der Waals surface area contributed by atoms with Crippen molar-refractivity contribution in [3.63, 3.8) is 0 Å². The van der Waals surface area contributed by atoms with Crippen LogP contribution in [0.1, 0.15) is 61.3 Å². The zero-order chi connectivity index (χ0) is 23.9. The first kappa shape index (κ1) is 27.1. The lowest BCUT2D eigenvalue weighted by molar-refractivity contribution is -0.136. The lowest BCUT2D eigenvalue weighted by Crippen LogP contribution is -2.43. The third-order valence-electron chi connectivity index (χ3n) is 6.30. The monoisotopic (exact) mass is 444 g/mol. The largest absolute Gasteiger partial charge is 0.456 e. The molecule has 5 heteroatoms. The van der Waals surface area contributed by atoms with Crippen molar-refractivity contribution < 1.29 is 18.8 Å². The molecule has 0 aliphatic heterocycles. The van der Waals surface area contributed by atoms with Gasteiger partial charge in [0.15, 0.2) is 8.32 Å². The van der Waals surface area contributed by atoms with Crippen molar-refractivity contribution in [1.29, 1.82) is 0 Å². The first-order valence-electron chi connectivity index (χ1n) is 11.2. The second kappa shape index (κ2) is 11.1. The van der Waals surface area contributed by atoms with E-state index in [2.05, 4.69) is 64.8 Å². The van der Waals surface area contributed by atoms with Crippen LogP contribution in [0, 0.1) is 23.2 Å². The predicted octanol–water partition coefficient (Wildman–Crippen LogP) is 6.01. The van der Waals surface area contributed by atoms with Crippen LogP contribution < -0.4 is 0 Å².